The number of hydrogen-bond donors (Lipinski definition) is 1. The minimum Gasteiger partial charge on any atom is -0.484 e. The Bertz CT molecular complexity index is 600. The van der Waals surface area contributed by atoms with Crippen molar-refractivity contribution in [2.24, 2.45) is 7.05 Å². The van der Waals surface area contributed by atoms with Crippen LogP contribution in [0.25, 0.3) is 0 Å². The van der Waals surface area contributed by atoms with E-state index in [0.717, 1.165) is 29.1 Å². The molecule has 5 nitrogen and oxygen atoms in total. The van der Waals surface area contributed by atoms with Crippen molar-refractivity contribution in [1.29, 1.82) is 0 Å². The summed E-state index contributed by atoms with van der Waals surface area (Å²) in [5.74, 6) is 0.624. The van der Waals surface area contributed by atoms with Crippen molar-refractivity contribution in [3.8, 4) is 5.75 Å². The summed E-state index contributed by atoms with van der Waals surface area (Å²) < 4.78 is 7.32. The molecule has 1 heterocycles. The maximum absolute atomic E-state index is 11.7. The van der Waals surface area contributed by atoms with Gasteiger partial charge in [0.25, 0.3) is 5.91 Å². The highest BCUT2D eigenvalue weighted by Gasteiger charge is 2.05. The molecule has 1 aromatic heterocycles. The van der Waals surface area contributed by atoms with E-state index in [9.17, 15) is 4.79 Å². The number of carbonyl (C=O) groups is 1. The fraction of sp³-hybridized carbons (Fsp3) is 0.375. The minimum atomic E-state index is -0.120. The third kappa shape index (κ3) is 4.34. The lowest BCUT2D eigenvalue weighted by molar-refractivity contribution is -0.123. The Morgan fingerprint density at radius 3 is 2.76 bits per heavy atom. The van der Waals surface area contributed by atoms with E-state index in [0.29, 0.717) is 6.54 Å². The zero-order valence-electron chi connectivity index (χ0n) is 12.7. The first kappa shape index (κ1) is 15.1. The fourth-order valence-electron chi connectivity index (χ4n) is 2.00. The Labute approximate surface area is 124 Å². The van der Waals surface area contributed by atoms with Crippen molar-refractivity contribution in [3.05, 3.63) is 47.3 Å². The van der Waals surface area contributed by atoms with Gasteiger partial charge in [-0.1, -0.05) is 18.2 Å². The highest BCUT2D eigenvalue weighted by Crippen LogP contribution is 2.15. The molecule has 1 amide bonds. The van der Waals surface area contributed by atoms with Crippen LogP contribution < -0.4 is 10.1 Å². The van der Waals surface area contributed by atoms with Gasteiger partial charge < -0.3 is 10.1 Å². The molecule has 0 unspecified atom stereocenters. The number of aryl methyl sites for hydroxylation is 3. The molecule has 0 atom stereocenters. The summed E-state index contributed by atoms with van der Waals surface area (Å²) in [5.41, 5.74) is 3.11. The van der Waals surface area contributed by atoms with Gasteiger partial charge >= 0.3 is 0 Å². The number of nitrogens with zero attached hydrogens (tertiary/aromatic N) is 2. The molecular formula is C16H21N3O2. The molecule has 0 saturated heterocycles. The van der Waals surface area contributed by atoms with E-state index in [1.54, 1.807) is 0 Å². The van der Waals surface area contributed by atoms with Gasteiger partial charge in [-0.15, -0.1) is 0 Å². The largest absolute Gasteiger partial charge is 0.484 e. The molecule has 1 N–H and O–H groups in total. The summed E-state index contributed by atoms with van der Waals surface area (Å²) in [7, 11) is 1.91. The van der Waals surface area contributed by atoms with Gasteiger partial charge in [0.15, 0.2) is 6.61 Å². The third-order valence-electron chi connectivity index (χ3n) is 3.32. The van der Waals surface area contributed by atoms with Crippen molar-refractivity contribution < 1.29 is 9.53 Å². The molecule has 0 radical (unpaired) electrons. The van der Waals surface area contributed by atoms with E-state index in [1.807, 2.05) is 55.9 Å². The minimum absolute atomic E-state index is 0.0338. The molecular weight excluding hydrogens is 266 g/mol. The monoisotopic (exact) mass is 287 g/mol. The Kier molecular flexibility index (Phi) is 4.98. The summed E-state index contributed by atoms with van der Waals surface area (Å²) in [6.45, 7) is 4.56. The highest BCUT2D eigenvalue weighted by molar-refractivity contribution is 5.77. The van der Waals surface area contributed by atoms with Crippen LogP contribution in [0.15, 0.2) is 30.3 Å². The molecule has 5 heteroatoms. The number of aromatic nitrogens is 2. The second kappa shape index (κ2) is 6.92. The summed E-state index contributed by atoms with van der Waals surface area (Å²) in [4.78, 5) is 11.7. The van der Waals surface area contributed by atoms with Crippen LogP contribution in [-0.4, -0.2) is 28.8 Å². The van der Waals surface area contributed by atoms with Crippen LogP contribution in [0.2, 0.25) is 0 Å². The smallest absolute Gasteiger partial charge is 0.257 e. The van der Waals surface area contributed by atoms with E-state index in [2.05, 4.69) is 10.4 Å². The number of benzene rings is 1. The van der Waals surface area contributed by atoms with Gasteiger partial charge in [-0.25, -0.2) is 0 Å². The lowest BCUT2D eigenvalue weighted by atomic mass is 10.2. The van der Waals surface area contributed by atoms with Gasteiger partial charge in [-0.3, -0.25) is 9.48 Å². The normalized spacial score (nSPS) is 10.4. The van der Waals surface area contributed by atoms with E-state index < -0.39 is 0 Å². The van der Waals surface area contributed by atoms with Crippen LogP contribution in [0.1, 0.15) is 17.0 Å². The molecule has 0 saturated carbocycles. The second-order valence-electron chi connectivity index (χ2n) is 5.05. The molecule has 0 aliphatic heterocycles. The summed E-state index contributed by atoms with van der Waals surface area (Å²) in [5, 5.41) is 7.18. The van der Waals surface area contributed by atoms with Crippen LogP contribution in [-0.2, 0) is 18.3 Å². The number of carbonyl (C=O) groups excluding carboxylic acids is 1. The quantitative estimate of drug-likeness (QED) is 0.881. The number of rotatable bonds is 6. The number of amides is 1. The zero-order valence-corrected chi connectivity index (χ0v) is 12.7. The van der Waals surface area contributed by atoms with Crippen LogP contribution >= 0.6 is 0 Å². The third-order valence-corrected chi connectivity index (χ3v) is 3.32. The molecule has 2 aromatic rings. The molecule has 0 fully saturated rings. The predicted molar refractivity (Wildman–Crippen MR) is 81.3 cm³/mol. The summed E-state index contributed by atoms with van der Waals surface area (Å²) in [6, 6.07) is 9.67. The van der Waals surface area contributed by atoms with Gasteiger partial charge in [0, 0.05) is 25.7 Å². The predicted octanol–water partition coefficient (Wildman–Crippen LogP) is 1.77. The Hall–Kier alpha value is -2.30. The van der Waals surface area contributed by atoms with E-state index >= 15 is 0 Å². The molecule has 0 aliphatic carbocycles. The number of para-hydroxylation sites is 1. The lowest BCUT2D eigenvalue weighted by Gasteiger charge is -2.08. The van der Waals surface area contributed by atoms with Crippen molar-refractivity contribution in [3.63, 3.8) is 0 Å². The molecule has 0 bridgehead atoms. The molecule has 1 aromatic carbocycles. The van der Waals surface area contributed by atoms with Gasteiger partial charge in [0.2, 0.25) is 0 Å². The van der Waals surface area contributed by atoms with Crippen LogP contribution in [0, 0.1) is 13.8 Å². The molecule has 0 aliphatic rings. The molecule has 2 rings (SSSR count). The Morgan fingerprint density at radius 1 is 1.33 bits per heavy atom. The van der Waals surface area contributed by atoms with Gasteiger partial charge in [0.05, 0.1) is 5.69 Å². The van der Waals surface area contributed by atoms with E-state index in [1.165, 1.54) is 0 Å². The fourth-order valence-corrected chi connectivity index (χ4v) is 2.00. The lowest BCUT2D eigenvalue weighted by Crippen LogP contribution is -2.30. The van der Waals surface area contributed by atoms with E-state index in [-0.39, 0.29) is 12.5 Å². The SMILES string of the molecule is Cc1ccccc1OCC(=O)NCCc1cc(C)n(C)n1. The zero-order chi connectivity index (χ0) is 15.2. The first-order chi connectivity index (χ1) is 10.1. The summed E-state index contributed by atoms with van der Waals surface area (Å²) in [6.07, 6.45) is 0.720. The maximum atomic E-state index is 11.7. The first-order valence-corrected chi connectivity index (χ1v) is 7.01. The number of ether oxygens (including phenoxy) is 1. The van der Waals surface area contributed by atoms with Crippen LogP contribution in [0.3, 0.4) is 0 Å². The Morgan fingerprint density at radius 2 is 2.10 bits per heavy atom. The maximum Gasteiger partial charge on any atom is 0.257 e. The van der Waals surface area contributed by atoms with Gasteiger partial charge in [-0.2, -0.15) is 5.10 Å². The van der Waals surface area contributed by atoms with Crippen molar-refractivity contribution in [1.82, 2.24) is 15.1 Å². The molecule has 0 spiro atoms. The van der Waals surface area contributed by atoms with Crippen molar-refractivity contribution in [2.75, 3.05) is 13.2 Å². The number of hydrogen-bond acceptors (Lipinski definition) is 3. The first-order valence-electron chi connectivity index (χ1n) is 7.01. The van der Waals surface area contributed by atoms with Crippen LogP contribution in [0.4, 0.5) is 0 Å². The van der Waals surface area contributed by atoms with Crippen molar-refractivity contribution in [2.45, 2.75) is 20.3 Å². The van der Waals surface area contributed by atoms with Gasteiger partial charge in [0.1, 0.15) is 5.75 Å². The van der Waals surface area contributed by atoms with Gasteiger partial charge in [-0.05, 0) is 31.5 Å². The topological polar surface area (TPSA) is 56.1 Å². The average Bonchev–Trinajstić information content (AvgIpc) is 2.77. The highest BCUT2D eigenvalue weighted by atomic mass is 16.5. The second-order valence-corrected chi connectivity index (χ2v) is 5.05. The standard InChI is InChI=1S/C16H21N3O2/c1-12-6-4-5-7-15(12)21-11-16(20)17-9-8-14-10-13(2)19(3)18-14/h4-7,10H,8-9,11H2,1-3H3,(H,17,20). The van der Waals surface area contributed by atoms with Crippen LogP contribution in [0.5, 0.6) is 5.75 Å². The van der Waals surface area contributed by atoms with Crippen molar-refractivity contribution >= 4 is 5.91 Å². The average molecular weight is 287 g/mol. The summed E-state index contributed by atoms with van der Waals surface area (Å²) >= 11 is 0. The molecule has 112 valence electrons. The molecule has 21 heavy (non-hydrogen) atoms. The van der Waals surface area contributed by atoms with E-state index in [4.69, 9.17) is 4.74 Å². The Balaban J connectivity index is 1.71. The number of nitrogens with one attached hydrogen (secondary N) is 1.